The SMILES string of the molecule is C=CCN1C(=O)C(Nc2cccc(OC(F)(F)F)c2)=C(c2ccc(F)cc2)C1=O. The topological polar surface area (TPSA) is 58.6 Å². The number of imide groups is 1. The molecular weight excluding hydrogens is 392 g/mol. The molecule has 1 aliphatic heterocycles. The molecule has 0 saturated heterocycles. The van der Waals surface area contributed by atoms with Crippen LogP contribution in [-0.2, 0) is 9.59 Å². The van der Waals surface area contributed by atoms with Gasteiger partial charge in [0.15, 0.2) is 0 Å². The monoisotopic (exact) mass is 406 g/mol. The quantitative estimate of drug-likeness (QED) is 0.446. The molecule has 2 amide bonds. The Morgan fingerprint density at radius 3 is 2.38 bits per heavy atom. The smallest absolute Gasteiger partial charge is 0.406 e. The minimum atomic E-state index is -4.88. The summed E-state index contributed by atoms with van der Waals surface area (Å²) in [5.41, 5.74) is 0.205. The predicted molar refractivity (Wildman–Crippen MR) is 97.0 cm³/mol. The Bertz CT molecular complexity index is 998. The van der Waals surface area contributed by atoms with Crippen LogP contribution in [0.1, 0.15) is 5.56 Å². The maximum atomic E-state index is 13.3. The molecule has 1 aliphatic rings. The molecule has 0 bridgehead atoms. The van der Waals surface area contributed by atoms with Crippen LogP contribution in [0, 0.1) is 5.82 Å². The summed E-state index contributed by atoms with van der Waals surface area (Å²) in [4.78, 5) is 26.4. The highest BCUT2D eigenvalue weighted by molar-refractivity contribution is 6.36. The van der Waals surface area contributed by atoms with Crippen LogP contribution in [0.3, 0.4) is 0 Å². The summed E-state index contributed by atoms with van der Waals surface area (Å²) in [5.74, 6) is -2.34. The Balaban J connectivity index is 2.01. The van der Waals surface area contributed by atoms with Gasteiger partial charge in [-0.25, -0.2) is 4.39 Å². The average Bonchev–Trinajstić information content (AvgIpc) is 2.86. The van der Waals surface area contributed by atoms with E-state index in [-0.39, 0.29) is 29.1 Å². The first-order chi connectivity index (χ1) is 13.7. The molecule has 0 fully saturated rings. The summed E-state index contributed by atoms with van der Waals surface area (Å²) in [6.45, 7) is 3.43. The first-order valence-electron chi connectivity index (χ1n) is 8.30. The maximum Gasteiger partial charge on any atom is 0.573 e. The molecule has 3 rings (SSSR count). The summed E-state index contributed by atoms with van der Waals surface area (Å²) >= 11 is 0. The van der Waals surface area contributed by atoms with E-state index in [4.69, 9.17) is 0 Å². The van der Waals surface area contributed by atoms with Crippen LogP contribution in [0.5, 0.6) is 5.75 Å². The van der Waals surface area contributed by atoms with E-state index in [0.717, 1.165) is 29.2 Å². The van der Waals surface area contributed by atoms with E-state index < -0.39 is 29.7 Å². The number of ether oxygens (including phenoxy) is 1. The average molecular weight is 406 g/mol. The molecule has 150 valence electrons. The van der Waals surface area contributed by atoms with Crippen molar-refractivity contribution in [3.63, 3.8) is 0 Å². The number of hydrogen-bond acceptors (Lipinski definition) is 4. The van der Waals surface area contributed by atoms with Gasteiger partial charge in [-0.15, -0.1) is 19.8 Å². The number of carbonyl (C=O) groups is 2. The van der Waals surface area contributed by atoms with Gasteiger partial charge in [-0.1, -0.05) is 24.3 Å². The molecule has 0 aromatic heterocycles. The number of rotatable bonds is 6. The van der Waals surface area contributed by atoms with Gasteiger partial charge < -0.3 is 10.1 Å². The van der Waals surface area contributed by atoms with Gasteiger partial charge in [0.25, 0.3) is 11.8 Å². The highest BCUT2D eigenvalue weighted by atomic mass is 19.4. The van der Waals surface area contributed by atoms with Gasteiger partial charge in [0, 0.05) is 18.3 Å². The third kappa shape index (κ3) is 4.45. The number of carbonyl (C=O) groups excluding carboxylic acids is 2. The Hall–Kier alpha value is -3.62. The Kier molecular flexibility index (Phi) is 5.40. The molecule has 9 heteroatoms. The fourth-order valence-electron chi connectivity index (χ4n) is 2.79. The zero-order valence-corrected chi connectivity index (χ0v) is 14.8. The lowest BCUT2D eigenvalue weighted by atomic mass is 10.0. The van der Waals surface area contributed by atoms with Crippen LogP contribution in [-0.4, -0.2) is 29.6 Å². The lowest BCUT2D eigenvalue weighted by Gasteiger charge is -2.13. The maximum absolute atomic E-state index is 13.3. The van der Waals surface area contributed by atoms with Crippen LogP contribution in [0.25, 0.3) is 5.57 Å². The van der Waals surface area contributed by atoms with Gasteiger partial charge in [-0.2, -0.15) is 0 Å². The second kappa shape index (κ2) is 7.78. The third-order valence-corrected chi connectivity index (χ3v) is 3.95. The Labute approximate surface area is 162 Å². The number of halogens is 4. The van der Waals surface area contributed by atoms with E-state index in [9.17, 15) is 27.2 Å². The van der Waals surface area contributed by atoms with Crippen molar-refractivity contribution in [1.29, 1.82) is 0 Å². The van der Waals surface area contributed by atoms with E-state index in [1.54, 1.807) is 0 Å². The number of anilines is 1. The molecular formula is C20H14F4N2O3. The zero-order chi connectivity index (χ0) is 21.2. The number of alkyl halides is 3. The lowest BCUT2D eigenvalue weighted by molar-refractivity contribution is -0.274. The molecule has 0 atom stereocenters. The van der Waals surface area contributed by atoms with Crippen LogP contribution in [0.4, 0.5) is 23.2 Å². The Morgan fingerprint density at radius 1 is 1.07 bits per heavy atom. The molecule has 0 unspecified atom stereocenters. The van der Waals surface area contributed by atoms with Gasteiger partial charge >= 0.3 is 6.36 Å². The van der Waals surface area contributed by atoms with Crippen molar-refractivity contribution in [1.82, 2.24) is 4.90 Å². The largest absolute Gasteiger partial charge is 0.573 e. The standard InChI is InChI=1S/C20H14F4N2O3/c1-2-10-26-18(27)16(12-6-8-13(21)9-7-12)17(19(26)28)25-14-4-3-5-15(11-14)29-20(22,23)24/h2-9,11,25H,1,10H2. The van der Waals surface area contributed by atoms with Crippen LogP contribution in [0.15, 0.2) is 66.9 Å². The zero-order valence-electron chi connectivity index (χ0n) is 14.8. The summed E-state index contributed by atoms with van der Waals surface area (Å²) in [5, 5.41) is 2.69. The van der Waals surface area contributed by atoms with Crippen LogP contribution < -0.4 is 10.1 Å². The second-order valence-electron chi connectivity index (χ2n) is 5.97. The lowest BCUT2D eigenvalue weighted by Crippen LogP contribution is -2.32. The van der Waals surface area contributed by atoms with Gasteiger partial charge in [-0.3, -0.25) is 14.5 Å². The van der Waals surface area contributed by atoms with Crippen LogP contribution >= 0.6 is 0 Å². The molecule has 2 aromatic carbocycles. The van der Waals surface area contributed by atoms with Gasteiger partial charge in [0.1, 0.15) is 17.3 Å². The summed E-state index contributed by atoms with van der Waals surface area (Å²) < 4.78 is 54.5. The molecule has 1 heterocycles. The first-order valence-corrected chi connectivity index (χ1v) is 8.30. The number of nitrogens with zero attached hydrogens (tertiary/aromatic N) is 1. The summed E-state index contributed by atoms with van der Waals surface area (Å²) in [6.07, 6.45) is -3.52. The minimum Gasteiger partial charge on any atom is -0.406 e. The van der Waals surface area contributed by atoms with Gasteiger partial charge in [0.2, 0.25) is 0 Å². The molecule has 2 aromatic rings. The second-order valence-corrected chi connectivity index (χ2v) is 5.97. The van der Waals surface area contributed by atoms with E-state index in [2.05, 4.69) is 16.6 Å². The van der Waals surface area contributed by atoms with E-state index in [0.29, 0.717) is 0 Å². The van der Waals surface area contributed by atoms with Crippen molar-refractivity contribution >= 4 is 23.1 Å². The fraction of sp³-hybridized carbons (Fsp3) is 0.100. The van der Waals surface area contributed by atoms with Gasteiger partial charge in [0.05, 0.1) is 5.57 Å². The summed E-state index contributed by atoms with van der Waals surface area (Å²) in [6, 6.07) is 9.76. The molecule has 0 spiro atoms. The number of nitrogens with one attached hydrogen (secondary N) is 1. The molecule has 1 N–H and O–H groups in total. The van der Waals surface area contributed by atoms with Crippen molar-refractivity contribution in [2.24, 2.45) is 0 Å². The first kappa shape index (κ1) is 20.1. The normalized spacial score (nSPS) is 14.4. The van der Waals surface area contributed by atoms with Crippen molar-refractivity contribution in [2.75, 3.05) is 11.9 Å². The molecule has 29 heavy (non-hydrogen) atoms. The van der Waals surface area contributed by atoms with E-state index in [1.807, 2.05) is 0 Å². The Morgan fingerprint density at radius 2 is 1.76 bits per heavy atom. The molecule has 0 aliphatic carbocycles. The highest BCUT2D eigenvalue weighted by Crippen LogP contribution is 2.32. The van der Waals surface area contributed by atoms with Crippen LogP contribution in [0.2, 0.25) is 0 Å². The van der Waals surface area contributed by atoms with Crippen molar-refractivity contribution in [2.45, 2.75) is 6.36 Å². The van der Waals surface area contributed by atoms with Crippen molar-refractivity contribution in [3.05, 3.63) is 78.3 Å². The number of hydrogen-bond donors (Lipinski definition) is 1. The molecule has 0 saturated carbocycles. The number of amides is 2. The van der Waals surface area contributed by atoms with E-state index >= 15 is 0 Å². The molecule has 0 radical (unpaired) electrons. The van der Waals surface area contributed by atoms with Crippen molar-refractivity contribution in [3.8, 4) is 5.75 Å². The van der Waals surface area contributed by atoms with Crippen molar-refractivity contribution < 1.29 is 31.9 Å². The number of benzene rings is 2. The van der Waals surface area contributed by atoms with Gasteiger partial charge in [-0.05, 0) is 29.8 Å². The predicted octanol–water partition coefficient (Wildman–Crippen LogP) is 4.10. The highest BCUT2D eigenvalue weighted by Gasteiger charge is 2.38. The molecule has 5 nitrogen and oxygen atoms in total. The fourth-order valence-corrected chi connectivity index (χ4v) is 2.79. The third-order valence-electron chi connectivity index (χ3n) is 3.95. The minimum absolute atomic E-state index is 0.0287. The summed E-state index contributed by atoms with van der Waals surface area (Å²) in [7, 11) is 0. The van der Waals surface area contributed by atoms with E-state index in [1.165, 1.54) is 30.3 Å².